The van der Waals surface area contributed by atoms with Gasteiger partial charge in [0.05, 0.1) is 16.9 Å². The van der Waals surface area contributed by atoms with Gasteiger partial charge in [0.15, 0.2) is 0 Å². The lowest BCUT2D eigenvalue weighted by Gasteiger charge is -2.31. The molecule has 85 heavy (non-hydrogen) atoms. The van der Waals surface area contributed by atoms with Crippen LogP contribution in [0.25, 0.3) is 137 Å². The number of rotatable bonds is 10. The SMILES string of the molecule is C=C(/C=C\C=C/C)c1cc2c(oc3cccc(C(C)C)c32)c2c1cc(N(c1ccc3ccccc3c1)c1c3ccccc3c(-c3ccccc3)c3ccccc13)c1cc(-c3cccc(C(F)(F)F)c3)c3oc4c(-c5ccccc5)cccc4c3c12. The molecule has 13 aromatic carbocycles. The molecule has 2 heterocycles. The number of hydrogen-bond acceptors (Lipinski definition) is 3. The lowest BCUT2D eigenvalue weighted by Crippen LogP contribution is -2.13. The van der Waals surface area contributed by atoms with Crippen molar-refractivity contribution in [3.8, 4) is 33.4 Å². The molecule has 2 aromatic heterocycles. The standard InChI is InChI=1S/C79H54F3NO2/c1-5-6-9-23-48(4)63-44-67-71-56(47(2)3)36-22-39-69(71)84-78(67)74-65(63)46-68(66-45-64(53-30-20-31-54(42-53)79(80,81)82)77-73(72(66)74)62-38-21-37-57(76(62)85-77)50-25-10-7-11-26-50)83(55-41-40-49-24-14-15-29-52(49)43-55)75-60-34-18-16-32-58(60)70(51-27-12-8-13-28-51)59-33-17-19-35-61(59)75/h5-47H,4H2,1-3H3/b6-5-,23-9-. The Morgan fingerprint density at radius 2 is 1.11 bits per heavy atom. The molecule has 6 heteroatoms. The fourth-order valence-corrected chi connectivity index (χ4v) is 13.2. The molecule has 0 aliphatic rings. The van der Waals surface area contributed by atoms with E-state index in [1.807, 2.05) is 61.5 Å². The zero-order chi connectivity index (χ0) is 57.7. The van der Waals surface area contributed by atoms with E-state index in [1.54, 1.807) is 6.07 Å². The van der Waals surface area contributed by atoms with E-state index in [9.17, 15) is 0 Å². The van der Waals surface area contributed by atoms with Crippen molar-refractivity contribution in [2.75, 3.05) is 4.90 Å². The monoisotopic (exact) mass is 1110 g/mol. The summed E-state index contributed by atoms with van der Waals surface area (Å²) in [6.45, 7) is 11.3. The van der Waals surface area contributed by atoms with E-state index in [-0.39, 0.29) is 5.92 Å². The summed E-state index contributed by atoms with van der Waals surface area (Å²) in [5.74, 6) is 0.157. The quantitative estimate of drug-likeness (QED) is 0.0776. The normalized spacial score (nSPS) is 12.4. The van der Waals surface area contributed by atoms with Crippen LogP contribution in [0.1, 0.15) is 43.4 Å². The van der Waals surface area contributed by atoms with Crippen molar-refractivity contribution in [1.29, 1.82) is 0 Å². The molecule has 15 rings (SSSR count). The smallest absolute Gasteiger partial charge is 0.416 e. The van der Waals surface area contributed by atoms with Gasteiger partial charge in [-0.1, -0.05) is 227 Å². The Bertz CT molecular complexity index is 5240. The van der Waals surface area contributed by atoms with Crippen molar-refractivity contribution in [2.45, 2.75) is 32.9 Å². The predicted molar refractivity (Wildman–Crippen MR) is 352 cm³/mol. The van der Waals surface area contributed by atoms with Crippen LogP contribution in [0.2, 0.25) is 0 Å². The van der Waals surface area contributed by atoms with Crippen molar-refractivity contribution in [3.05, 3.63) is 278 Å². The molecule has 15 aromatic rings. The Kier molecular flexibility index (Phi) is 12.2. The summed E-state index contributed by atoms with van der Waals surface area (Å²) in [5, 5.41) is 13.1. The minimum atomic E-state index is -4.62. The third-order valence-electron chi connectivity index (χ3n) is 17.0. The summed E-state index contributed by atoms with van der Waals surface area (Å²) in [6.07, 6.45) is 3.47. The van der Waals surface area contributed by atoms with Crippen molar-refractivity contribution in [3.63, 3.8) is 0 Å². The second kappa shape index (κ2) is 20.2. The minimum absolute atomic E-state index is 0.157. The third-order valence-corrected chi connectivity index (χ3v) is 17.0. The largest absolute Gasteiger partial charge is 0.455 e. The molecule has 0 aliphatic heterocycles. The number of hydrogen-bond donors (Lipinski definition) is 0. The zero-order valence-electron chi connectivity index (χ0n) is 46.9. The average molecular weight is 1110 g/mol. The number of benzene rings is 13. The van der Waals surface area contributed by atoms with Gasteiger partial charge in [0.1, 0.15) is 22.3 Å². The van der Waals surface area contributed by atoms with E-state index in [0.717, 1.165) is 143 Å². The van der Waals surface area contributed by atoms with E-state index in [1.165, 1.54) is 12.1 Å². The van der Waals surface area contributed by atoms with Crippen LogP contribution in [0, 0.1) is 0 Å². The number of para-hydroxylation sites is 1. The Balaban J connectivity index is 1.23. The minimum Gasteiger partial charge on any atom is -0.455 e. The van der Waals surface area contributed by atoms with Gasteiger partial charge in [-0.05, 0) is 127 Å². The molecule has 408 valence electrons. The zero-order valence-corrected chi connectivity index (χ0v) is 46.9. The van der Waals surface area contributed by atoms with E-state index in [4.69, 9.17) is 15.4 Å². The molecule has 0 unspecified atom stereocenters. The molecular weight excluding hydrogens is 1050 g/mol. The number of halogens is 3. The van der Waals surface area contributed by atoms with Gasteiger partial charge in [0, 0.05) is 65.3 Å². The van der Waals surface area contributed by atoms with Crippen LogP contribution in [-0.2, 0) is 6.18 Å². The highest BCUT2D eigenvalue weighted by Crippen LogP contribution is 2.56. The number of furan rings is 2. The molecule has 0 aliphatic carbocycles. The molecule has 0 radical (unpaired) electrons. The van der Waals surface area contributed by atoms with Crippen molar-refractivity contribution in [2.24, 2.45) is 0 Å². The van der Waals surface area contributed by atoms with Crippen molar-refractivity contribution >= 4 is 120 Å². The van der Waals surface area contributed by atoms with Gasteiger partial charge >= 0.3 is 6.18 Å². The third kappa shape index (κ3) is 8.34. The van der Waals surface area contributed by atoms with Crippen LogP contribution in [0.15, 0.2) is 270 Å². The molecule has 0 spiro atoms. The van der Waals surface area contributed by atoms with E-state index < -0.39 is 11.7 Å². The maximum atomic E-state index is 15.1. The highest BCUT2D eigenvalue weighted by atomic mass is 19.4. The molecule has 0 bridgehead atoms. The molecule has 0 atom stereocenters. The van der Waals surface area contributed by atoms with Gasteiger partial charge in [0.25, 0.3) is 0 Å². The van der Waals surface area contributed by atoms with Crippen LogP contribution in [0.5, 0.6) is 0 Å². The summed E-state index contributed by atoms with van der Waals surface area (Å²) in [6, 6.07) is 77.7. The first kappa shape index (κ1) is 51.5. The van der Waals surface area contributed by atoms with Crippen molar-refractivity contribution in [1.82, 2.24) is 0 Å². The van der Waals surface area contributed by atoms with Crippen LogP contribution in [0.4, 0.5) is 30.2 Å². The second-order valence-electron chi connectivity index (χ2n) is 22.3. The summed E-state index contributed by atoms with van der Waals surface area (Å²) in [4.78, 5) is 2.40. The number of alkyl halides is 3. The fraction of sp³-hybridized carbons (Fsp3) is 0.0633. The summed E-state index contributed by atoms with van der Waals surface area (Å²) < 4.78 is 60.2. The predicted octanol–water partition coefficient (Wildman–Crippen LogP) is 24.0. The lowest BCUT2D eigenvalue weighted by molar-refractivity contribution is -0.137. The van der Waals surface area contributed by atoms with Crippen LogP contribution in [0.3, 0.4) is 0 Å². The van der Waals surface area contributed by atoms with E-state index in [0.29, 0.717) is 27.9 Å². The molecule has 0 fully saturated rings. The van der Waals surface area contributed by atoms with Gasteiger partial charge in [-0.15, -0.1) is 0 Å². The molecule has 0 saturated heterocycles. The first-order chi connectivity index (χ1) is 41.5. The number of fused-ring (bicyclic) bond motifs is 14. The Hall–Kier alpha value is -10.4. The Morgan fingerprint density at radius 1 is 0.471 bits per heavy atom. The van der Waals surface area contributed by atoms with Crippen LogP contribution < -0.4 is 4.90 Å². The topological polar surface area (TPSA) is 29.5 Å². The van der Waals surface area contributed by atoms with Gasteiger partial charge in [0.2, 0.25) is 0 Å². The molecular formula is C79H54F3NO2. The van der Waals surface area contributed by atoms with Gasteiger partial charge in [-0.25, -0.2) is 0 Å². The van der Waals surface area contributed by atoms with Gasteiger partial charge < -0.3 is 13.7 Å². The Labute approximate surface area is 489 Å². The number of nitrogens with zero attached hydrogens (tertiary/aromatic N) is 1. The van der Waals surface area contributed by atoms with Gasteiger partial charge in [-0.2, -0.15) is 13.2 Å². The summed E-state index contributed by atoms with van der Waals surface area (Å²) in [7, 11) is 0. The molecule has 0 saturated carbocycles. The van der Waals surface area contributed by atoms with Gasteiger partial charge in [-0.3, -0.25) is 0 Å². The average Bonchev–Trinajstić information content (AvgIpc) is 1.76. The first-order valence-corrected chi connectivity index (χ1v) is 28.8. The summed E-state index contributed by atoms with van der Waals surface area (Å²) >= 11 is 0. The fourth-order valence-electron chi connectivity index (χ4n) is 13.2. The highest BCUT2D eigenvalue weighted by Gasteiger charge is 2.33. The van der Waals surface area contributed by atoms with Crippen molar-refractivity contribution < 1.29 is 22.0 Å². The number of anilines is 3. The maximum Gasteiger partial charge on any atom is 0.416 e. The second-order valence-corrected chi connectivity index (χ2v) is 22.3. The molecule has 3 nitrogen and oxygen atoms in total. The van der Waals surface area contributed by atoms with Crippen LogP contribution >= 0.6 is 0 Å². The van der Waals surface area contributed by atoms with E-state index in [2.05, 4.69) is 195 Å². The lowest BCUT2D eigenvalue weighted by atomic mass is 9.86. The molecule has 0 N–H and O–H groups in total. The highest BCUT2D eigenvalue weighted by molar-refractivity contribution is 6.38. The maximum absolute atomic E-state index is 15.1. The van der Waals surface area contributed by atoms with Crippen LogP contribution in [-0.4, -0.2) is 0 Å². The first-order valence-electron chi connectivity index (χ1n) is 28.8. The number of allylic oxidation sites excluding steroid dienone is 5. The summed E-state index contributed by atoms with van der Waals surface area (Å²) in [5.41, 5.74) is 12.0. The Morgan fingerprint density at radius 3 is 1.82 bits per heavy atom. The molecule has 0 amide bonds. The van der Waals surface area contributed by atoms with E-state index >= 15 is 13.2 Å².